The van der Waals surface area contributed by atoms with E-state index in [0.29, 0.717) is 18.3 Å². The van der Waals surface area contributed by atoms with Crippen molar-refractivity contribution in [1.82, 2.24) is 4.98 Å². The Morgan fingerprint density at radius 2 is 1.86 bits per heavy atom. The fourth-order valence-electron chi connectivity index (χ4n) is 1.90. The van der Waals surface area contributed by atoms with Crippen LogP contribution in [0.2, 0.25) is 0 Å². The van der Waals surface area contributed by atoms with Gasteiger partial charge in [0.1, 0.15) is 0 Å². The van der Waals surface area contributed by atoms with Gasteiger partial charge in [0.15, 0.2) is 0 Å². The van der Waals surface area contributed by atoms with Crippen LogP contribution in [-0.4, -0.2) is 22.6 Å². The van der Waals surface area contributed by atoms with Crippen molar-refractivity contribution >= 4 is 11.6 Å². The van der Waals surface area contributed by atoms with E-state index >= 15 is 0 Å². The van der Waals surface area contributed by atoms with Crippen molar-refractivity contribution in [3.8, 4) is 0 Å². The van der Waals surface area contributed by atoms with Crippen LogP contribution in [0.1, 0.15) is 21.5 Å². The van der Waals surface area contributed by atoms with Crippen LogP contribution in [-0.2, 0) is 12.6 Å². The van der Waals surface area contributed by atoms with Gasteiger partial charge in [0, 0.05) is 24.7 Å². The summed E-state index contributed by atoms with van der Waals surface area (Å²) in [6.07, 6.45) is -2.42. The molecule has 1 heterocycles. The van der Waals surface area contributed by atoms with Crippen LogP contribution in [0.5, 0.6) is 0 Å². The molecule has 4 nitrogen and oxygen atoms in total. The number of pyridine rings is 1. The van der Waals surface area contributed by atoms with Crippen molar-refractivity contribution in [1.29, 1.82) is 0 Å². The molecule has 116 valence electrons. The minimum Gasteiger partial charge on any atom is -0.396 e. The fraction of sp³-hybridized carbons (Fsp3) is 0.200. The molecular formula is C15H13F3N2O2. The van der Waals surface area contributed by atoms with Crippen molar-refractivity contribution in [2.45, 2.75) is 12.6 Å². The van der Waals surface area contributed by atoms with E-state index in [0.717, 1.165) is 17.8 Å². The van der Waals surface area contributed by atoms with E-state index in [1.165, 1.54) is 0 Å². The molecule has 0 spiro atoms. The summed E-state index contributed by atoms with van der Waals surface area (Å²) < 4.78 is 38.5. The number of rotatable bonds is 4. The molecule has 0 saturated carbocycles. The molecule has 2 N–H and O–H groups in total. The number of anilines is 1. The first kappa shape index (κ1) is 16.0. The van der Waals surface area contributed by atoms with Gasteiger partial charge in [-0.15, -0.1) is 0 Å². The molecule has 22 heavy (non-hydrogen) atoms. The van der Waals surface area contributed by atoms with E-state index in [2.05, 4.69) is 10.3 Å². The molecule has 0 aliphatic carbocycles. The third-order valence-electron chi connectivity index (χ3n) is 2.98. The summed E-state index contributed by atoms with van der Waals surface area (Å²) in [6, 6.07) is 7.53. The van der Waals surface area contributed by atoms with Gasteiger partial charge in [-0.05, 0) is 30.2 Å². The molecule has 0 bridgehead atoms. The second-order valence-corrected chi connectivity index (χ2v) is 4.54. The molecule has 2 aromatic rings. The Balaban J connectivity index is 2.19. The Hall–Kier alpha value is -2.41. The van der Waals surface area contributed by atoms with Gasteiger partial charge in [-0.1, -0.05) is 12.1 Å². The Morgan fingerprint density at radius 3 is 2.45 bits per heavy atom. The van der Waals surface area contributed by atoms with E-state index in [-0.39, 0.29) is 6.61 Å². The Bertz CT molecular complexity index is 655. The van der Waals surface area contributed by atoms with Gasteiger partial charge in [-0.3, -0.25) is 9.78 Å². The predicted octanol–water partition coefficient (Wildman–Crippen LogP) is 2.89. The number of benzene rings is 1. The van der Waals surface area contributed by atoms with Crippen LogP contribution < -0.4 is 5.32 Å². The van der Waals surface area contributed by atoms with Crippen LogP contribution in [0.3, 0.4) is 0 Å². The van der Waals surface area contributed by atoms with Gasteiger partial charge < -0.3 is 10.4 Å². The lowest BCUT2D eigenvalue weighted by molar-refractivity contribution is -0.138. The topological polar surface area (TPSA) is 62.2 Å². The molecule has 0 atom stereocenters. The quantitative estimate of drug-likeness (QED) is 0.913. The number of halogens is 3. The van der Waals surface area contributed by atoms with Crippen LogP contribution >= 0.6 is 0 Å². The number of aliphatic hydroxyl groups is 1. The van der Waals surface area contributed by atoms with Gasteiger partial charge >= 0.3 is 6.18 Å². The Morgan fingerprint density at radius 1 is 1.18 bits per heavy atom. The van der Waals surface area contributed by atoms with Crippen molar-refractivity contribution in [2.24, 2.45) is 0 Å². The summed E-state index contributed by atoms with van der Waals surface area (Å²) in [5.41, 5.74) is -0.330. The highest BCUT2D eigenvalue weighted by Gasteiger charge is 2.35. The number of hydrogen-bond acceptors (Lipinski definition) is 3. The molecule has 0 fully saturated rings. The van der Waals surface area contributed by atoms with Crippen LogP contribution in [0.15, 0.2) is 42.7 Å². The lowest BCUT2D eigenvalue weighted by Gasteiger charge is -2.12. The predicted molar refractivity (Wildman–Crippen MR) is 74.4 cm³/mol. The second-order valence-electron chi connectivity index (χ2n) is 4.54. The molecule has 0 aliphatic rings. The molecule has 1 aromatic carbocycles. The number of nitrogens with one attached hydrogen (secondary N) is 1. The maximum atomic E-state index is 12.8. The maximum Gasteiger partial charge on any atom is 0.418 e. The highest BCUT2D eigenvalue weighted by Crippen LogP contribution is 2.31. The minimum absolute atomic E-state index is 0.00232. The van der Waals surface area contributed by atoms with Gasteiger partial charge in [-0.25, -0.2) is 0 Å². The summed E-state index contributed by atoms with van der Waals surface area (Å²) in [5.74, 6) is -0.857. The zero-order valence-corrected chi connectivity index (χ0v) is 11.4. The van der Waals surface area contributed by atoms with Crippen molar-refractivity contribution in [3.05, 3.63) is 59.4 Å². The minimum atomic E-state index is -4.65. The van der Waals surface area contributed by atoms with E-state index < -0.39 is 23.2 Å². The zero-order valence-electron chi connectivity index (χ0n) is 11.4. The third kappa shape index (κ3) is 3.82. The van der Waals surface area contributed by atoms with Gasteiger partial charge in [0.25, 0.3) is 5.91 Å². The number of carbonyl (C=O) groups excluding carboxylic acids is 1. The van der Waals surface area contributed by atoms with Crippen molar-refractivity contribution < 1.29 is 23.1 Å². The summed E-state index contributed by atoms with van der Waals surface area (Å²) >= 11 is 0. The first-order valence-corrected chi connectivity index (χ1v) is 6.44. The standard InChI is InChI=1S/C15H13F3N2O2/c16-15(17,18)13-9-19-7-5-12(13)14(22)20-11-3-1-10(2-4-11)6-8-21/h1-5,7,9,21H,6,8H2,(H,20,22). The number of carbonyl (C=O) groups is 1. The van der Waals surface area contributed by atoms with Crippen molar-refractivity contribution in [3.63, 3.8) is 0 Å². The summed E-state index contributed by atoms with van der Waals surface area (Å²) in [7, 11) is 0. The molecule has 2 rings (SSSR count). The molecular weight excluding hydrogens is 297 g/mol. The van der Waals surface area contributed by atoms with E-state index in [1.54, 1.807) is 24.3 Å². The zero-order chi connectivity index (χ0) is 16.2. The normalized spacial score (nSPS) is 11.3. The van der Waals surface area contributed by atoms with Gasteiger partial charge in [0.2, 0.25) is 0 Å². The lowest BCUT2D eigenvalue weighted by atomic mass is 10.1. The highest BCUT2D eigenvalue weighted by molar-refractivity contribution is 6.05. The van der Waals surface area contributed by atoms with Crippen LogP contribution in [0.4, 0.5) is 18.9 Å². The summed E-state index contributed by atoms with van der Waals surface area (Å²) in [4.78, 5) is 15.4. The van der Waals surface area contributed by atoms with Crippen LogP contribution in [0.25, 0.3) is 0 Å². The van der Waals surface area contributed by atoms with E-state index in [9.17, 15) is 18.0 Å². The molecule has 0 radical (unpaired) electrons. The Kier molecular flexibility index (Phi) is 4.77. The van der Waals surface area contributed by atoms with Gasteiger partial charge in [0.05, 0.1) is 11.1 Å². The largest absolute Gasteiger partial charge is 0.418 e. The molecule has 0 unspecified atom stereocenters. The number of aliphatic hydroxyl groups excluding tert-OH is 1. The third-order valence-corrected chi connectivity index (χ3v) is 2.98. The number of nitrogens with zero attached hydrogens (tertiary/aromatic N) is 1. The molecule has 0 saturated heterocycles. The monoisotopic (exact) mass is 310 g/mol. The molecule has 0 aliphatic heterocycles. The average molecular weight is 310 g/mol. The van der Waals surface area contributed by atoms with Crippen LogP contribution in [0, 0.1) is 0 Å². The maximum absolute atomic E-state index is 12.8. The summed E-state index contributed by atoms with van der Waals surface area (Å²) in [5, 5.41) is 11.2. The first-order chi connectivity index (χ1) is 10.4. The fourth-order valence-corrected chi connectivity index (χ4v) is 1.90. The molecule has 1 aromatic heterocycles. The number of amides is 1. The average Bonchev–Trinajstić information content (AvgIpc) is 2.48. The first-order valence-electron chi connectivity index (χ1n) is 6.44. The smallest absolute Gasteiger partial charge is 0.396 e. The number of alkyl halides is 3. The second kappa shape index (κ2) is 6.57. The molecule has 1 amide bonds. The summed E-state index contributed by atoms with van der Waals surface area (Å²) in [6.45, 7) is -0.00232. The highest BCUT2D eigenvalue weighted by atomic mass is 19.4. The number of aromatic nitrogens is 1. The lowest BCUT2D eigenvalue weighted by Crippen LogP contribution is -2.19. The van der Waals surface area contributed by atoms with Gasteiger partial charge in [-0.2, -0.15) is 13.2 Å². The molecule has 7 heteroatoms. The SMILES string of the molecule is O=C(Nc1ccc(CCO)cc1)c1ccncc1C(F)(F)F. The van der Waals surface area contributed by atoms with E-state index in [1.807, 2.05) is 0 Å². The number of hydrogen-bond donors (Lipinski definition) is 2. The van der Waals surface area contributed by atoms with E-state index in [4.69, 9.17) is 5.11 Å². The van der Waals surface area contributed by atoms with Crippen molar-refractivity contribution in [2.75, 3.05) is 11.9 Å². The Labute approximate surface area is 124 Å².